The van der Waals surface area contributed by atoms with E-state index in [9.17, 15) is 14.4 Å². The first-order valence-electron chi connectivity index (χ1n) is 9.74. The summed E-state index contributed by atoms with van der Waals surface area (Å²) in [6.07, 6.45) is 0.225. The lowest BCUT2D eigenvalue weighted by atomic mass is 10.1. The standard InChI is InChI=1S/C23H23N3O4/c1-3-7-21(27)24-18-12-10-17(11-13-18)22(28)15(2)30-23(29)20-14-19(25-26-20)16-8-5-4-6-9-16/h4-6,8-15H,3,7H2,1-2H3,(H,24,27)(H,25,26)/t15-/m1/s1. The van der Waals surface area contributed by atoms with Gasteiger partial charge < -0.3 is 10.1 Å². The van der Waals surface area contributed by atoms with Gasteiger partial charge in [0.15, 0.2) is 6.10 Å². The van der Waals surface area contributed by atoms with Crippen molar-refractivity contribution in [1.29, 1.82) is 0 Å². The van der Waals surface area contributed by atoms with Crippen LogP contribution in [0.15, 0.2) is 60.7 Å². The second-order valence-electron chi connectivity index (χ2n) is 6.82. The predicted octanol–water partition coefficient (Wildman–Crippen LogP) is 4.24. The Bertz CT molecular complexity index is 1030. The van der Waals surface area contributed by atoms with Gasteiger partial charge in [-0.05, 0) is 43.7 Å². The number of carbonyl (C=O) groups excluding carboxylic acids is 3. The number of ether oxygens (including phenoxy) is 1. The third-order valence-electron chi connectivity index (χ3n) is 4.45. The van der Waals surface area contributed by atoms with Crippen LogP contribution in [-0.2, 0) is 9.53 Å². The minimum absolute atomic E-state index is 0.0756. The smallest absolute Gasteiger partial charge is 0.357 e. The summed E-state index contributed by atoms with van der Waals surface area (Å²) in [4.78, 5) is 36.6. The number of aromatic amines is 1. The Labute approximate surface area is 174 Å². The van der Waals surface area contributed by atoms with Crippen LogP contribution in [0.1, 0.15) is 47.5 Å². The summed E-state index contributed by atoms with van der Waals surface area (Å²) in [6.45, 7) is 3.45. The predicted molar refractivity (Wildman–Crippen MR) is 113 cm³/mol. The van der Waals surface area contributed by atoms with E-state index in [4.69, 9.17) is 4.74 Å². The Hall–Kier alpha value is -3.74. The molecule has 0 saturated heterocycles. The second kappa shape index (κ2) is 9.65. The molecule has 0 saturated carbocycles. The molecule has 0 aliphatic heterocycles. The Kier molecular flexibility index (Phi) is 6.75. The van der Waals surface area contributed by atoms with Gasteiger partial charge in [-0.15, -0.1) is 0 Å². The molecule has 0 bridgehead atoms. The van der Waals surface area contributed by atoms with Crippen molar-refractivity contribution in [3.05, 3.63) is 71.9 Å². The van der Waals surface area contributed by atoms with Gasteiger partial charge in [-0.3, -0.25) is 14.7 Å². The number of H-pyrrole nitrogens is 1. The summed E-state index contributed by atoms with van der Waals surface area (Å²) in [5.74, 6) is -1.07. The number of nitrogens with one attached hydrogen (secondary N) is 2. The highest BCUT2D eigenvalue weighted by molar-refractivity contribution is 6.01. The first-order chi connectivity index (χ1) is 14.5. The number of hydrogen-bond acceptors (Lipinski definition) is 5. The van der Waals surface area contributed by atoms with Crippen LogP contribution >= 0.6 is 0 Å². The number of benzene rings is 2. The highest BCUT2D eigenvalue weighted by Gasteiger charge is 2.22. The van der Waals surface area contributed by atoms with Crippen molar-refractivity contribution in [2.24, 2.45) is 0 Å². The molecule has 0 radical (unpaired) electrons. The number of Topliss-reactive ketones (excluding diaryl/α,β-unsaturated/α-hetero) is 1. The monoisotopic (exact) mass is 405 g/mol. The summed E-state index contributed by atoms with van der Waals surface area (Å²) >= 11 is 0. The third-order valence-corrected chi connectivity index (χ3v) is 4.45. The minimum atomic E-state index is -0.971. The van der Waals surface area contributed by atoms with Crippen molar-refractivity contribution < 1.29 is 19.1 Å². The molecule has 2 aromatic carbocycles. The van der Waals surface area contributed by atoms with E-state index in [0.29, 0.717) is 23.4 Å². The number of esters is 1. The van der Waals surface area contributed by atoms with Crippen LogP contribution < -0.4 is 5.32 Å². The normalized spacial score (nSPS) is 11.5. The molecule has 0 unspecified atom stereocenters. The molecule has 1 aromatic heterocycles. The average molecular weight is 405 g/mol. The van der Waals surface area contributed by atoms with E-state index >= 15 is 0 Å². The number of anilines is 1. The summed E-state index contributed by atoms with van der Waals surface area (Å²) in [7, 11) is 0. The zero-order valence-electron chi connectivity index (χ0n) is 16.8. The molecule has 1 heterocycles. The molecule has 7 nitrogen and oxygen atoms in total. The van der Waals surface area contributed by atoms with Gasteiger partial charge in [0.25, 0.3) is 0 Å². The van der Waals surface area contributed by atoms with Crippen molar-refractivity contribution in [1.82, 2.24) is 10.2 Å². The Morgan fingerprint density at radius 3 is 2.43 bits per heavy atom. The largest absolute Gasteiger partial charge is 0.450 e. The number of ketones is 1. The van der Waals surface area contributed by atoms with Crippen LogP contribution in [0.25, 0.3) is 11.3 Å². The Morgan fingerprint density at radius 2 is 1.77 bits per heavy atom. The lowest BCUT2D eigenvalue weighted by molar-refractivity contribution is -0.116. The lowest BCUT2D eigenvalue weighted by Gasteiger charge is -2.12. The lowest BCUT2D eigenvalue weighted by Crippen LogP contribution is -2.24. The molecule has 0 aliphatic carbocycles. The number of hydrogen-bond donors (Lipinski definition) is 2. The Balaban J connectivity index is 1.60. The van der Waals surface area contributed by atoms with E-state index in [1.807, 2.05) is 37.3 Å². The van der Waals surface area contributed by atoms with Crippen LogP contribution in [0.3, 0.4) is 0 Å². The minimum Gasteiger partial charge on any atom is -0.450 e. The zero-order chi connectivity index (χ0) is 21.5. The maximum absolute atomic E-state index is 12.6. The summed E-state index contributed by atoms with van der Waals surface area (Å²) in [5, 5.41) is 9.53. The van der Waals surface area contributed by atoms with Gasteiger partial charge in [0, 0.05) is 23.2 Å². The van der Waals surface area contributed by atoms with Gasteiger partial charge >= 0.3 is 5.97 Å². The van der Waals surface area contributed by atoms with Gasteiger partial charge in [0.05, 0.1) is 5.69 Å². The fourth-order valence-corrected chi connectivity index (χ4v) is 2.86. The van der Waals surface area contributed by atoms with Gasteiger partial charge in [-0.25, -0.2) is 4.79 Å². The van der Waals surface area contributed by atoms with Crippen molar-refractivity contribution >= 4 is 23.3 Å². The average Bonchev–Trinajstić information content (AvgIpc) is 3.25. The number of rotatable bonds is 8. The van der Waals surface area contributed by atoms with Crippen molar-refractivity contribution in [3.63, 3.8) is 0 Å². The van der Waals surface area contributed by atoms with E-state index in [2.05, 4.69) is 15.5 Å². The zero-order valence-corrected chi connectivity index (χ0v) is 16.8. The maximum atomic E-state index is 12.6. The van der Waals surface area contributed by atoms with Gasteiger partial charge in [-0.1, -0.05) is 37.3 Å². The quantitative estimate of drug-likeness (QED) is 0.431. The SMILES string of the molecule is CCCC(=O)Nc1ccc(C(=O)[C@@H](C)OC(=O)c2cc(-c3ccccc3)n[nH]2)cc1. The molecule has 0 spiro atoms. The van der Waals surface area contributed by atoms with E-state index in [1.54, 1.807) is 30.3 Å². The van der Waals surface area contributed by atoms with Crippen molar-refractivity contribution in [3.8, 4) is 11.3 Å². The van der Waals surface area contributed by atoms with E-state index in [1.165, 1.54) is 6.92 Å². The second-order valence-corrected chi connectivity index (χ2v) is 6.82. The molecule has 0 fully saturated rings. The molecule has 3 aromatic rings. The van der Waals surface area contributed by atoms with Gasteiger partial charge in [0.2, 0.25) is 11.7 Å². The molecule has 3 rings (SSSR count). The van der Waals surface area contributed by atoms with Gasteiger partial charge in [0.1, 0.15) is 5.69 Å². The molecule has 154 valence electrons. The molecule has 2 N–H and O–H groups in total. The molecular formula is C23H23N3O4. The summed E-state index contributed by atoms with van der Waals surface area (Å²) in [5.41, 5.74) is 2.65. The molecule has 1 amide bonds. The number of nitrogens with zero attached hydrogens (tertiary/aromatic N) is 1. The van der Waals surface area contributed by atoms with Gasteiger partial charge in [-0.2, -0.15) is 5.10 Å². The maximum Gasteiger partial charge on any atom is 0.357 e. The van der Waals surface area contributed by atoms with Crippen molar-refractivity contribution in [2.75, 3.05) is 5.32 Å². The number of carbonyl (C=O) groups is 3. The highest BCUT2D eigenvalue weighted by atomic mass is 16.5. The summed E-state index contributed by atoms with van der Waals surface area (Å²) < 4.78 is 5.30. The first kappa shape index (κ1) is 21.0. The number of amides is 1. The molecular weight excluding hydrogens is 382 g/mol. The number of aromatic nitrogens is 2. The van der Waals surface area contributed by atoms with E-state index in [0.717, 1.165) is 12.0 Å². The first-order valence-corrected chi connectivity index (χ1v) is 9.74. The van der Waals surface area contributed by atoms with Crippen LogP contribution in [-0.4, -0.2) is 34.0 Å². The topological polar surface area (TPSA) is 101 Å². The van der Waals surface area contributed by atoms with Crippen LogP contribution in [0, 0.1) is 0 Å². The molecule has 0 aliphatic rings. The highest BCUT2D eigenvalue weighted by Crippen LogP contribution is 2.18. The Morgan fingerprint density at radius 1 is 1.07 bits per heavy atom. The van der Waals surface area contributed by atoms with Crippen LogP contribution in [0.2, 0.25) is 0 Å². The van der Waals surface area contributed by atoms with Crippen LogP contribution in [0.5, 0.6) is 0 Å². The van der Waals surface area contributed by atoms with Crippen molar-refractivity contribution in [2.45, 2.75) is 32.8 Å². The molecule has 30 heavy (non-hydrogen) atoms. The third kappa shape index (κ3) is 5.20. The molecule has 7 heteroatoms. The molecule has 1 atom stereocenters. The van der Waals surface area contributed by atoms with Crippen LogP contribution in [0.4, 0.5) is 5.69 Å². The summed E-state index contributed by atoms with van der Waals surface area (Å²) in [6, 6.07) is 17.5. The van der Waals surface area contributed by atoms with E-state index < -0.39 is 12.1 Å². The van der Waals surface area contributed by atoms with E-state index in [-0.39, 0.29) is 17.4 Å². The fourth-order valence-electron chi connectivity index (χ4n) is 2.86. The fraction of sp³-hybridized carbons (Fsp3) is 0.217.